The summed E-state index contributed by atoms with van der Waals surface area (Å²) in [5.41, 5.74) is 5.36. The zero-order valence-electron chi connectivity index (χ0n) is 10.3. The Morgan fingerprint density at radius 3 is 2.90 bits per heavy atom. The Bertz CT molecular complexity index is 852. The molecule has 106 valence electrons. The maximum Gasteiger partial charge on any atom is 0.313 e. The van der Waals surface area contributed by atoms with E-state index in [1.54, 1.807) is 6.07 Å². The number of ether oxygens (including phenoxy) is 1. The number of thiophene rings is 1. The molecule has 9 heteroatoms. The Hall–Kier alpha value is -2.45. The predicted octanol–water partition coefficient (Wildman–Crippen LogP) is 3.63. The first-order chi connectivity index (χ1) is 10.0. The molecule has 0 saturated carbocycles. The fourth-order valence-corrected chi connectivity index (χ4v) is 2.67. The van der Waals surface area contributed by atoms with Gasteiger partial charge in [-0.05, 0) is 23.6 Å². The minimum atomic E-state index is -0.573. The van der Waals surface area contributed by atoms with E-state index >= 15 is 0 Å². The highest BCUT2D eigenvalue weighted by atomic mass is 35.5. The van der Waals surface area contributed by atoms with Crippen molar-refractivity contribution in [1.82, 2.24) is 9.97 Å². The number of halogens is 1. The van der Waals surface area contributed by atoms with Gasteiger partial charge < -0.3 is 10.5 Å². The molecule has 7 nitrogen and oxygen atoms in total. The zero-order valence-corrected chi connectivity index (χ0v) is 11.9. The van der Waals surface area contributed by atoms with Crippen LogP contribution in [0.5, 0.6) is 11.6 Å². The minimum absolute atomic E-state index is 0.0370. The lowest BCUT2D eigenvalue weighted by molar-refractivity contribution is -0.385. The number of nitro groups is 1. The van der Waals surface area contributed by atoms with Crippen molar-refractivity contribution >= 4 is 44.8 Å². The second kappa shape index (κ2) is 5.15. The van der Waals surface area contributed by atoms with Crippen LogP contribution in [0, 0.1) is 10.1 Å². The third-order valence-corrected chi connectivity index (χ3v) is 3.67. The maximum atomic E-state index is 11.1. The van der Waals surface area contributed by atoms with E-state index in [1.165, 1.54) is 29.5 Å². The van der Waals surface area contributed by atoms with Gasteiger partial charge in [-0.15, -0.1) is 11.3 Å². The SMILES string of the molecule is Nc1nc(Oc2ccc(Cl)cc2[N+](=O)[O-])c2ccsc2n1. The summed E-state index contributed by atoms with van der Waals surface area (Å²) in [5.74, 6) is 0.246. The largest absolute Gasteiger partial charge is 0.431 e. The van der Waals surface area contributed by atoms with E-state index in [9.17, 15) is 10.1 Å². The molecule has 0 unspecified atom stereocenters. The first-order valence-electron chi connectivity index (χ1n) is 5.67. The van der Waals surface area contributed by atoms with E-state index in [2.05, 4.69) is 9.97 Å². The quantitative estimate of drug-likeness (QED) is 0.583. The number of hydrogen-bond donors (Lipinski definition) is 1. The van der Waals surface area contributed by atoms with Crippen LogP contribution in [0.4, 0.5) is 11.6 Å². The molecule has 0 bridgehead atoms. The Kier molecular flexibility index (Phi) is 3.32. The van der Waals surface area contributed by atoms with Crippen molar-refractivity contribution in [3.63, 3.8) is 0 Å². The second-order valence-corrected chi connectivity index (χ2v) is 5.33. The van der Waals surface area contributed by atoms with Gasteiger partial charge in [-0.2, -0.15) is 4.98 Å². The van der Waals surface area contributed by atoms with Crippen molar-refractivity contribution in [3.05, 3.63) is 44.8 Å². The molecule has 2 heterocycles. The first kappa shape index (κ1) is 13.5. The first-order valence-corrected chi connectivity index (χ1v) is 6.93. The molecule has 3 aromatic rings. The fourth-order valence-electron chi connectivity index (χ4n) is 1.75. The van der Waals surface area contributed by atoms with E-state index in [0.29, 0.717) is 10.2 Å². The summed E-state index contributed by atoms with van der Waals surface area (Å²) in [6, 6.07) is 5.89. The molecule has 0 aliphatic rings. The molecule has 2 N–H and O–H groups in total. The summed E-state index contributed by atoms with van der Waals surface area (Å²) in [7, 11) is 0. The van der Waals surface area contributed by atoms with Crippen LogP contribution in [0.15, 0.2) is 29.6 Å². The molecule has 3 rings (SSSR count). The van der Waals surface area contributed by atoms with E-state index in [0.717, 1.165) is 0 Å². The molecular weight excluding hydrogens is 316 g/mol. The van der Waals surface area contributed by atoms with Crippen LogP contribution in [0.25, 0.3) is 10.2 Å². The summed E-state index contributed by atoms with van der Waals surface area (Å²) < 4.78 is 5.55. The van der Waals surface area contributed by atoms with Gasteiger partial charge in [0.05, 0.1) is 10.3 Å². The molecule has 0 aliphatic heterocycles. The van der Waals surface area contributed by atoms with Crippen molar-refractivity contribution in [2.45, 2.75) is 0 Å². The molecule has 0 fully saturated rings. The minimum Gasteiger partial charge on any atom is -0.431 e. The van der Waals surface area contributed by atoms with Gasteiger partial charge in [0.15, 0.2) is 0 Å². The number of aromatic nitrogens is 2. The number of rotatable bonds is 3. The smallest absolute Gasteiger partial charge is 0.313 e. The van der Waals surface area contributed by atoms with Gasteiger partial charge in [-0.3, -0.25) is 10.1 Å². The summed E-state index contributed by atoms with van der Waals surface area (Å²) in [4.78, 5) is 19.2. The number of nitrogen functional groups attached to an aromatic ring is 1. The molecule has 1 aromatic carbocycles. The van der Waals surface area contributed by atoms with Crippen molar-refractivity contribution < 1.29 is 9.66 Å². The standard InChI is InChI=1S/C12H7ClN4O3S/c13-6-1-2-9(8(5-6)17(18)19)20-10-7-3-4-21-11(7)16-12(14)15-10/h1-5H,(H2,14,15,16). The van der Waals surface area contributed by atoms with Crippen molar-refractivity contribution in [1.29, 1.82) is 0 Å². The van der Waals surface area contributed by atoms with Gasteiger partial charge in [0.1, 0.15) is 4.83 Å². The topological polar surface area (TPSA) is 104 Å². The van der Waals surface area contributed by atoms with Crippen molar-refractivity contribution in [2.75, 3.05) is 5.73 Å². The normalized spacial score (nSPS) is 10.7. The van der Waals surface area contributed by atoms with E-state index < -0.39 is 4.92 Å². The summed E-state index contributed by atoms with van der Waals surface area (Å²) in [6.07, 6.45) is 0. The van der Waals surface area contributed by atoms with Crippen LogP contribution in [0.3, 0.4) is 0 Å². The van der Waals surface area contributed by atoms with Crippen LogP contribution in [0.2, 0.25) is 5.02 Å². The lowest BCUT2D eigenvalue weighted by Crippen LogP contribution is -1.99. The van der Waals surface area contributed by atoms with E-state index in [-0.39, 0.29) is 28.3 Å². The molecule has 0 aliphatic carbocycles. The molecule has 21 heavy (non-hydrogen) atoms. The average Bonchev–Trinajstić information content (AvgIpc) is 2.88. The highest BCUT2D eigenvalue weighted by molar-refractivity contribution is 7.16. The Balaban J connectivity index is 2.10. The lowest BCUT2D eigenvalue weighted by atomic mass is 10.3. The number of benzene rings is 1. The van der Waals surface area contributed by atoms with Gasteiger partial charge in [0, 0.05) is 11.1 Å². The van der Waals surface area contributed by atoms with Crippen LogP contribution < -0.4 is 10.5 Å². The van der Waals surface area contributed by atoms with Crippen molar-refractivity contribution in [2.24, 2.45) is 0 Å². The summed E-state index contributed by atoms with van der Waals surface area (Å²) in [5, 5.41) is 13.7. The monoisotopic (exact) mass is 322 g/mol. The molecule has 0 spiro atoms. The van der Waals surface area contributed by atoms with Gasteiger partial charge in [-0.1, -0.05) is 11.6 Å². The lowest BCUT2D eigenvalue weighted by Gasteiger charge is -2.07. The van der Waals surface area contributed by atoms with Gasteiger partial charge in [0.25, 0.3) is 0 Å². The Labute approximate surface area is 127 Å². The number of hydrogen-bond acceptors (Lipinski definition) is 7. The summed E-state index contributed by atoms with van der Waals surface area (Å²) in [6.45, 7) is 0. The predicted molar refractivity (Wildman–Crippen MR) is 80.0 cm³/mol. The third kappa shape index (κ3) is 2.58. The average molecular weight is 323 g/mol. The van der Waals surface area contributed by atoms with E-state index in [4.69, 9.17) is 22.1 Å². The number of fused-ring (bicyclic) bond motifs is 1. The second-order valence-electron chi connectivity index (χ2n) is 4.00. The highest BCUT2D eigenvalue weighted by Gasteiger charge is 2.19. The van der Waals surface area contributed by atoms with Gasteiger partial charge >= 0.3 is 5.69 Å². The summed E-state index contributed by atoms with van der Waals surface area (Å²) >= 11 is 7.14. The molecule has 2 aromatic heterocycles. The van der Waals surface area contributed by atoms with Crippen LogP contribution in [-0.4, -0.2) is 14.9 Å². The van der Waals surface area contributed by atoms with Crippen LogP contribution in [-0.2, 0) is 0 Å². The van der Waals surface area contributed by atoms with E-state index in [1.807, 2.05) is 5.38 Å². The maximum absolute atomic E-state index is 11.1. The number of nitrogens with two attached hydrogens (primary N) is 1. The fraction of sp³-hybridized carbons (Fsp3) is 0. The van der Waals surface area contributed by atoms with Crippen LogP contribution in [0.1, 0.15) is 0 Å². The molecule has 0 amide bonds. The van der Waals surface area contributed by atoms with Crippen LogP contribution >= 0.6 is 22.9 Å². The molecular formula is C12H7ClN4O3S. The third-order valence-electron chi connectivity index (χ3n) is 2.63. The number of nitro benzene ring substituents is 1. The Morgan fingerprint density at radius 2 is 2.14 bits per heavy atom. The highest BCUT2D eigenvalue weighted by Crippen LogP contribution is 2.36. The Morgan fingerprint density at radius 1 is 1.33 bits per heavy atom. The zero-order chi connectivity index (χ0) is 15.0. The van der Waals surface area contributed by atoms with Crippen molar-refractivity contribution in [3.8, 4) is 11.6 Å². The molecule has 0 atom stereocenters. The van der Waals surface area contributed by atoms with Gasteiger partial charge in [-0.25, -0.2) is 4.98 Å². The van der Waals surface area contributed by atoms with Gasteiger partial charge in [0.2, 0.25) is 17.6 Å². The molecule has 0 radical (unpaired) electrons. The molecule has 0 saturated heterocycles. The number of nitrogens with zero attached hydrogens (tertiary/aromatic N) is 3. The number of anilines is 1.